The standard InChI is InChI=1S/C12H15N3S/c1-8-4-3-7-15-12(8)13-11(14-15)10-6-5-9(2)16-10/h5-6,8H,3-4,7H2,1-2H3. The first-order chi connectivity index (χ1) is 7.74. The lowest BCUT2D eigenvalue weighted by molar-refractivity contribution is 0.432. The smallest absolute Gasteiger partial charge is 0.191 e. The molecule has 0 bridgehead atoms. The highest BCUT2D eigenvalue weighted by Gasteiger charge is 2.21. The molecule has 3 heterocycles. The normalized spacial score (nSPS) is 19.8. The van der Waals surface area contributed by atoms with Crippen molar-refractivity contribution in [2.45, 2.75) is 39.2 Å². The van der Waals surface area contributed by atoms with Gasteiger partial charge < -0.3 is 0 Å². The van der Waals surface area contributed by atoms with Crippen LogP contribution < -0.4 is 0 Å². The average Bonchev–Trinajstić information content (AvgIpc) is 2.84. The van der Waals surface area contributed by atoms with E-state index in [1.807, 2.05) is 0 Å². The minimum absolute atomic E-state index is 0.552. The zero-order valence-electron chi connectivity index (χ0n) is 9.60. The molecule has 2 aromatic rings. The predicted octanol–water partition coefficient (Wildman–Crippen LogP) is 3.21. The van der Waals surface area contributed by atoms with Gasteiger partial charge in [-0.15, -0.1) is 16.4 Å². The molecule has 3 rings (SSSR count). The second-order valence-corrected chi connectivity index (χ2v) is 5.76. The van der Waals surface area contributed by atoms with E-state index in [2.05, 4.69) is 40.7 Å². The molecule has 0 amide bonds. The maximum absolute atomic E-state index is 4.68. The van der Waals surface area contributed by atoms with E-state index in [4.69, 9.17) is 0 Å². The van der Waals surface area contributed by atoms with Gasteiger partial charge in [0.05, 0.1) is 4.88 Å². The van der Waals surface area contributed by atoms with Gasteiger partial charge in [-0.25, -0.2) is 9.67 Å². The molecule has 0 radical (unpaired) electrons. The van der Waals surface area contributed by atoms with Gasteiger partial charge in [-0.3, -0.25) is 0 Å². The number of hydrogen-bond donors (Lipinski definition) is 0. The maximum Gasteiger partial charge on any atom is 0.191 e. The van der Waals surface area contributed by atoms with Crippen molar-refractivity contribution in [2.24, 2.45) is 0 Å². The third-order valence-corrected chi connectivity index (χ3v) is 4.11. The fourth-order valence-electron chi connectivity index (χ4n) is 2.22. The van der Waals surface area contributed by atoms with E-state index in [9.17, 15) is 0 Å². The molecule has 2 aromatic heterocycles. The lowest BCUT2D eigenvalue weighted by Crippen LogP contribution is -2.14. The van der Waals surface area contributed by atoms with Crippen LogP contribution in [0.2, 0.25) is 0 Å². The van der Waals surface area contributed by atoms with Crippen molar-refractivity contribution in [3.05, 3.63) is 22.8 Å². The Kier molecular flexibility index (Phi) is 2.32. The largest absolute Gasteiger partial charge is 0.249 e. The summed E-state index contributed by atoms with van der Waals surface area (Å²) in [5.41, 5.74) is 0. The van der Waals surface area contributed by atoms with E-state index >= 15 is 0 Å². The summed E-state index contributed by atoms with van der Waals surface area (Å²) in [6.07, 6.45) is 2.46. The fraction of sp³-hybridized carbons (Fsp3) is 0.500. The van der Waals surface area contributed by atoms with E-state index in [-0.39, 0.29) is 0 Å². The zero-order chi connectivity index (χ0) is 11.1. The monoisotopic (exact) mass is 233 g/mol. The van der Waals surface area contributed by atoms with Gasteiger partial charge in [-0.1, -0.05) is 6.92 Å². The number of fused-ring (bicyclic) bond motifs is 1. The molecule has 16 heavy (non-hydrogen) atoms. The summed E-state index contributed by atoms with van der Waals surface area (Å²) in [5.74, 6) is 2.62. The average molecular weight is 233 g/mol. The number of nitrogens with zero attached hydrogens (tertiary/aromatic N) is 3. The molecule has 0 fully saturated rings. The predicted molar refractivity (Wildman–Crippen MR) is 65.7 cm³/mol. The van der Waals surface area contributed by atoms with E-state index in [1.54, 1.807) is 11.3 Å². The Hall–Kier alpha value is -1.16. The molecule has 4 heteroatoms. The van der Waals surface area contributed by atoms with Crippen molar-refractivity contribution in [3.63, 3.8) is 0 Å². The van der Waals surface area contributed by atoms with Gasteiger partial charge >= 0.3 is 0 Å². The Labute approximate surface area is 99.1 Å². The molecule has 1 aliphatic rings. The molecular weight excluding hydrogens is 218 g/mol. The Bertz CT molecular complexity index is 512. The van der Waals surface area contributed by atoms with Crippen LogP contribution in [0.25, 0.3) is 10.7 Å². The van der Waals surface area contributed by atoms with E-state index in [0.29, 0.717) is 5.92 Å². The Morgan fingerprint density at radius 3 is 3.00 bits per heavy atom. The zero-order valence-corrected chi connectivity index (χ0v) is 10.4. The topological polar surface area (TPSA) is 30.7 Å². The SMILES string of the molecule is Cc1ccc(-c2nc3n(n2)CCCC3C)s1. The highest BCUT2D eigenvalue weighted by atomic mass is 32.1. The minimum Gasteiger partial charge on any atom is -0.249 e. The van der Waals surface area contributed by atoms with Crippen molar-refractivity contribution in [1.82, 2.24) is 14.8 Å². The lowest BCUT2D eigenvalue weighted by Gasteiger charge is -2.17. The molecule has 1 aliphatic heterocycles. The number of hydrogen-bond acceptors (Lipinski definition) is 3. The van der Waals surface area contributed by atoms with Crippen LogP contribution >= 0.6 is 11.3 Å². The van der Waals surface area contributed by atoms with Gasteiger partial charge in [0.25, 0.3) is 0 Å². The maximum atomic E-state index is 4.68. The molecule has 0 spiro atoms. The van der Waals surface area contributed by atoms with Crippen LogP contribution in [0.1, 0.15) is 36.4 Å². The summed E-state index contributed by atoms with van der Waals surface area (Å²) in [5, 5.41) is 4.60. The Balaban J connectivity index is 2.04. The summed E-state index contributed by atoms with van der Waals surface area (Å²) in [6.45, 7) is 5.38. The van der Waals surface area contributed by atoms with Crippen LogP contribution in [-0.4, -0.2) is 14.8 Å². The molecule has 0 saturated heterocycles. The molecule has 0 saturated carbocycles. The van der Waals surface area contributed by atoms with Crippen LogP contribution in [-0.2, 0) is 6.54 Å². The number of aromatic nitrogens is 3. The lowest BCUT2D eigenvalue weighted by atomic mass is 10.0. The number of rotatable bonds is 1. The quantitative estimate of drug-likeness (QED) is 0.757. The van der Waals surface area contributed by atoms with E-state index in [0.717, 1.165) is 18.2 Å². The van der Waals surface area contributed by atoms with E-state index in [1.165, 1.54) is 22.6 Å². The Morgan fingerprint density at radius 2 is 2.31 bits per heavy atom. The van der Waals surface area contributed by atoms with Gasteiger partial charge in [-0.2, -0.15) is 0 Å². The van der Waals surface area contributed by atoms with Crippen LogP contribution in [0.5, 0.6) is 0 Å². The van der Waals surface area contributed by atoms with Crippen molar-refractivity contribution < 1.29 is 0 Å². The summed E-state index contributed by atoms with van der Waals surface area (Å²) < 4.78 is 2.08. The third-order valence-electron chi connectivity index (χ3n) is 3.11. The first kappa shape index (κ1) is 10.0. The highest BCUT2D eigenvalue weighted by Crippen LogP contribution is 2.30. The fourth-order valence-corrected chi connectivity index (χ4v) is 3.02. The molecule has 84 valence electrons. The first-order valence-corrected chi connectivity index (χ1v) is 6.57. The van der Waals surface area contributed by atoms with Crippen LogP contribution in [0.3, 0.4) is 0 Å². The highest BCUT2D eigenvalue weighted by molar-refractivity contribution is 7.15. The summed E-state index contributed by atoms with van der Waals surface area (Å²) in [6, 6.07) is 4.25. The van der Waals surface area contributed by atoms with Gasteiger partial charge in [0.1, 0.15) is 5.82 Å². The van der Waals surface area contributed by atoms with Crippen molar-refractivity contribution >= 4 is 11.3 Å². The molecule has 1 unspecified atom stereocenters. The number of aryl methyl sites for hydroxylation is 2. The molecule has 0 aromatic carbocycles. The van der Waals surface area contributed by atoms with Gasteiger partial charge in [-0.05, 0) is 31.9 Å². The minimum atomic E-state index is 0.552. The summed E-state index contributed by atoms with van der Waals surface area (Å²) >= 11 is 1.77. The molecule has 3 nitrogen and oxygen atoms in total. The third kappa shape index (κ3) is 1.57. The van der Waals surface area contributed by atoms with Gasteiger partial charge in [0.2, 0.25) is 0 Å². The molecular formula is C12H15N3S. The van der Waals surface area contributed by atoms with Crippen molar-refractivity contribution in [1.29, 1.82) is 0 Å². The van der Waals surface area contributed by atoms with Crippen LogP contribution in [0.4, 0.5) is 0 Å². The van der Waals surface area contributed by atoms with Crippen LogP contribution in [0, 0.1) is 6.92 Å². The molecule has 1 atom stereocenters. The second-order valence-electron chi connectivity index (χ2n) is 4.47. The summed E-state index contributed by atoms with van der Waals surface area (Å²) in [4.78, 5) is 7.18. The molecule has 0 N–H and O–H groups in total. The second kappa shape index (κ2) is 3.70. The Morgan fingerprint density at radius 1 is 1.44 bits per heavy atom. The van der Waals surface area contributed by atoms with Crippen molar-refractivity contribution in [3.8, 4) is 10.7 Å². The van der Waals surface area contributed by atoms with Crippen LogP contribution in [0.15, 0.2) is 12.1 Å². The van der Waals surface area contributed by atoms with E-state index < -0.39 is 0 Å². The summed E-state index contributed by atoms with van der Waals surface area (Å²) in [7, 11) is 0. The molecule has 0 aliphatic carbocycles. The van der Waals surface area contributed by atoms with Gasteiger partial charge in [0.15, 0.2) is 5.82 Å². The number of thiophene rings is 1. The van der Waals surface area contributed by atoms with Gasteiger partial charge in [0, 0.05) is 17.3 Å². The first-order valence-electron chi connectivity index (χ1n) is 5.75. The van der Waals surface area contributed by atoms with Crippen molar-refractivity contribution in [2.75, 3.05) is 0 Å².